The van der Waals surface area contributed by atoms with E-state index in [-0.39, 0.29) is 18.0 Å². The summed E-state index contributed by atoms with van der Waals surface area (Å²) < 4.78 is 4.05. The number of nitrogens with zero attached hydrogens (tertiary/aromatic N) is 2. The van der Waals surface area contributed by atoms with Gasteiger partial charge in [-0.15, -0.1) is 0 Å². The number of hydrogen-bond acceptors (Lipinski definition) is 2. The molecule has 0 N–H and O–H groups in total. The molecular weight excluding hydrogens is 360 g/mol. The molecule has 0 aliphatic heterocycles. The average molecular weight is 382 g/mol. The number of hydrogen-bond donors (Lipinski definition) is 0. The van der Waals surface area contributed by atoms with Crippen LogP contribution in [-0.4, -0.2) is 20.7 Å². The van der Waals surface area contributed by atoms with E-state index in [1.807, 2.05) is 84.2 Å². The Morgan fingerprint density at radius 3 is 1.59 bits per heavy atom. The maximum atomic E-state index is 12.2. The smallest absolute Gasteiger partial charge is 0.163 e. The quantitative estimate of drug-likeness (QED) is 0.351. The Hall–Kier alpha value is -3.66. The van der Waals surface area contributed by atoms with Crippen LogP contribution in [0.3, 0.4) is 0 Å². The van der Waals surface area contributed by atoms with Gasteiger partial charge in [-0.25, -0.2) is 0 Å². The van der Waals surface area contributed by atoms with Crippen LogP contribution in [0.4, 0.5) is 0 Å². The Kier molecular flexibility index (Phi) is 5.00. The van der Waals surface area contributed by atoms with Crippen molar-refractivity contribution in [1.82, 2.24) is 9.13 Å². The molecule has 0 saturated heterocycles. The van der Waals surface area contributed by atoms with Gasteiger partial charge in [-0.1, -0.05) is 36.4 Å². The van der Waals surface area contributed by atoms with Gasteiger partial charge in [0.2, 0.25) is 0 Å². The van der Waals surface area contributed by atoms with Crippen LogP contribution in [0.5, 0.6) is 0 Å². The third-order valence-electron chi connectivity index (χ3n) is 5.10. The summed E-state index contributed by atoms with van der Waals surface area (Å²) in [6.07, 6.45) is 10.4. The molecule has 4 heteroatoms. The third kappa shape index (κ3) is 3.83. The molecule has 0 atom stereocenters. The Balaban J connectivity index is 1.44. The van der Waals surface area contributed by atoms with Gasteiger partial charge in [0.1, 0.15) is 0 Å². The van der Waals surface area contributed by atoms with Gasteiger partial charge >= 0.3 is 0 Å². The SMILES string of the molecule is Cn1cc(/C=C/C(=O)CC(=O)/C=C/c2cn(C)c3ccccc23)c2ccccc21. The number of fused-ring (bicyclic) bond motifs is 2. The second-order valence-electron chi connectivity index (χ2n) is 7.20. The van der Waals surface area contributed by atoms with E-state index in [1.165, 1.54) is 12.2 Å². The summed E-state index contributed by atoms with van der Waals surface area (Å²) in [5.74, 6) is -0.406. The second kappa shape index (κ2) is 7.76. The number of carbonyl (C=O) groups excluding carboxylic acids is 2. The third-order valence-corrected chi connectivity index (χ3v) is 5.10. The summed E-state index contributed by atoms with van der Waals surface area (Å²) in [5.41, 5.74) is 4.15. The molecule has 2 heterocycles. The van der Waals surface area contributed by atoms with Crippen molar-refractivity contribution in [1.29, 1.82) is 0 Å². The fourth-order valence-corrected chi connectivity index (χ4v) is 3.67. The summed E-state index contributed by atoms with van der Waals surface area (Å²) in [5, 5.41) is 2.17. The van der Waals surface area contributed by atoms with Gasteiger partial charge in [0, 0.05) is 59.4 Å². The number of aryl methyl sites for hydroxylation is 2. The summed E-state index contributed by atoms with van der Waals surface area (Å²) in [4.78, 5) is 24.5. The number of benzene rings is 2. The molecule has 0 bridgehead atoms. The van der Waals surface area contributed by atoms with Gasteiger partial charge in [-0.05, 0) is 36.4 Å². The topological polar surface area (TPSA) is 44.0 Å². The van der Waals surface area contributed by atoms with E-state index in [1.54, 1.807) is 12.2 Å². The lowest BCUT2D eigenvalue weighted by Gasteiger charge is -1.94. The first-order valence-electron chi connectivity index (χ1n) is 9.53. The molecule has 144 valence electrons. The van der Waals surface area contributed by atoms with Crippen LogP contribution >= 0.6 is 0 Å². The van der Waals surface area contributed by atoms with Crippen LogP contribution in [0.15, 0.2) is 73.1 Å². The molecule has 0 amide bonds. The van der Waals surface area contributed by atoms with Crippen LogP contribution in [0.1, 0.15) is 17.5 Å². The molecule has 0 aliphatic rings. The van der Waals surface area contributed by atoms with Crippen LogP contribution in [0, 0.1) is 0 Å². The minimum atomic E-state index is -0.203. The fraction of sp³-hybridized carbons (Fsp3) is 0.120. The van der Waals surface area contributed by atoms with Crippen LogP contribution < -0.4 is 0 Å². The van der Waals surface area contributed by atoms with E-state index in [9.17, 15) is 9.59 Å². The molecule has 0 unspecified atom stereocenters. The minimum absolute atomic E-state index is 0.136. The summed E-state index contributed by atoms with van der Waals surface area (Å²) in [7, 11) is 3.95. The number of rotatable bonds is 6. The fourth-order valence-electron chi connectivity index (χ4n) is 3.67. The monoisotopic (exact) mass is 382 g/mol. The van der Waals surface area contributed by atoms with Crippen molar-refractivity contribution in [2.45, 2.75) is 6.42 Å². The lowest BCUT2D eigenvalue weighted by atomic mass is 10.1. The molecule has 4 nitrogen and oxygen atoms in total. The van der Waals surface area contributed by atoms with Gasteiger partial charge in [-0.2, -0.15) is 0 Å². The Labute approximate surface area is 169 Å². The zero-order valence-electron chi connectivity index (χ0n) is 16.5. The highest BCUT2D eigenvalue weighted by Gasteiger charge is 2.07. The van der Waals surface area contributed by atoms with E-state index in [2.05, 4.69) is 0 Å². The molecule has 0 radical (unpaired) electrons. The van der Waals surface area contributed by atoms with Crippen LogP contribution in [-0.2, 0) is 23.7 Å². The highest BCUT2D eigenvalue weighted by molar-refractivity contribution is 6.11. The van der Waals surface area contributed by atoms with Crippen molar-refractivity contribution in [2.24, 2.45) is 14.1 Å². The molecule has 29 heavy (non-hydrogen) atoms. The minimum Gasteiger partial charge on any atom is -0.350 e. The van der Waals surface area contributed by atoms with E-state index < -0.39 is 0 Å². The number of para-hydroxylation sites is 2. The van der Waals surface area contributed by atoms with E-state index in [4.69, 9.17) is 0 Å². The lowest BCUT2D eigenvalue weighted by Crippen LogP contribution is -2.01. The predicted octanol–water partition coefficient (Wildman–Crippen LogP) is 4.92. The van der Waals surface area contributed by atoms with Crippen LogP contribution in [0.2, 0.25) is 0 Å². The predicted molar refractivity (Wildman–Crippen MR) is 119 cm³/mol. The van der Waals surface area contributed by atoms with Crippen LogP contribution in [0.25, 0.3) is 34.0 Å². The van der Waals surface area contributed by atoms with E-state index in [0.29, 0.717) is 0 Å². The van der Waals surface area contributed by atoms with Gasteiger partial charge in [0.25, 0.3) is 0 Å². The molecule has 4 rings (SSSR count). The zero-order chi connectivity index (χ0) is 20.4. The van der Waals surface area contributed by atoms with Crippen molar-refractivity contribution in [2.75, 3.05) is 0 Å². The Bertz CT molecular complexity index is 1180. The van der Waals surface area contributed by atoms with Gasteiger partial charge in [0.05, 0.1) is 6.42 Å². The van der Waals surface area contributed by atoms with Crippen molar-refractivity contribution in [3.63, 3.8) is 0 Å². The molecule has 0 spiro atoms. The first-order chi connectivity index (χ1) is 14.0. The number of carbonyl (C=O) groups is 2. The van der Waals surface area contributed by atoms with Crippen molar-refractivity contribution < 1.29 is 9.59 Å². The number of aromatic nitrogens is 2. The first-order valence-corrected chi connectivity index (χ1v) is 9.53. The largest absolute Gasteiger partial charge is 0.350 e. The second-order valence-corrected chi connectivity index (χ2v) is 7.20. The van der Waals surface area contributed by atoms with Crippen molar-refractivity contribution in [3.8, 4) is 0 Å². The van der Waals surface area contributed by atoms with Gasteiger partial charge in [-0.3, -0.25) is 9.59 Å². The molecular formula is C25H22N2O2. The first kappa shape index (κ1) is 18.7. The molecule has 0 aliphatic carbocycles. The van der Waals surface area contributed by atoms with Crippen molar-refractivity contribution >= 4 is 45.5 Å². The maximum Gasteiger partial charge on any atom is 0.163 e. The Morgan fingerprint density at radius 2 is 1.14 bits per heavy atom. The number of allylic oxidation sites excluding steroid dienone is 2. The molecule has 0 fully saturated rings. The summed E-state index contributed by atoms with van der Waals surface area (Å²) in [6.45, 7) is 0. The zero-order valence-corrected chi connectivity index (χ0v) is 16.5. The molecule has 2 aromatic heterocycles. The maximum absolute atomic E-state index is 12.2. The summed E-state index contributed by atoms with van der Waals surface area (Å²) in [6, 6.07) is 16.1. The Morgan fingerprint density at radius 1 is 0.724 bits per heavy atom. The average Bonchev–Trinajstić information content (AvgIpc) is 3.22. The highest BCUT2D eigenvalue weighted by Crippen LogP contribution is 2.22. The molecule has 4 aromatic rings. The van der Waals surface area contributed by atoms with Gasteiger partial charge < -0.3 is 9.13 Å². The van der Waals surface area contributed by atoms with E-state index >= 15 is 0 Å². The number of ketones is 2. The van der Waals surface area contributed by atoms with Gasteiger partial charge in [0.15, 0.2) is 11.6 Å². The summed E-state index contributed by atoms with van der Waals surface area (Å²) >= 11 is 0. The lowest BCUT2D eigenvalue weighted by molar-refractivity contribution is -0.121. The standard InChI is InChI=1S/C25H22N2O2/c1-26-16-18(22-7-3-5-9-24(22)26)11-13-20(28)15-21(29)14-12-19-17-27(2)25-10-6-4-8-23(19)25/h3-14,16-17H,15H2,1-2H3/b13-11+,14-12+. The highest BCUT2D eigenvalue weighted by atomic mass is 16.1. The van der Waals surface area contributed by atoms with E-state index in [0.717, 1.165) is 32.9 Å². The molecule has 2 aromatic carbocycles. The molecule has 0 saturated carbocycles. The van der Waals surface area contributed by atoms with Crippen molar-refractivity contribution in [3.05, 3.63) is 84.2 Å². The normalized spacial score (nSPS) is 11.9.